The zero-order valence-corrected chi connectivity index (χ0v) is 11.6. The van der Waals surface area contributed by atoms with Crippen molar-refractivity contribution in [2.24, 2.45) is 5.73 Å². The molecule has 0 aliphatic heterocycles. The lowest BCUT2D eigenvalue weighted by Gasteiger charge is -2.31. The van der Waals surface area contributed by atoms with Gasteiger partial charge in [-0.25, -0.2) is 0 Å². The van der Waals surface area contributed by atoms with Crippen molar-refractivity contribution in [1.82, 2.24) is 4.90 Å². The van der Waals surface area contributed by atoms with E-state index in [9.17, 15) is 4.79 Å². The van der Waals surface area contributed by atoms with Crippen molar-refractivity contribution < 1.29 is 4.79 Å². The molecule has 2 N–H and O–H groups in total. The molecule has 0 saturated carbocycles. The lowest BCUT2D eigenvalue weighted by Crippen LogP contribution is -2.46. The van der Waals surface area contributed by atoms with Crippen molar-refractivity contribution in [3.63, 3.8) is 0 Å². The van der Waals surface area contributed by atoms with Gasteiger partial charge in [0.15, 0.2) is 0 Å². The zero-order valence-electron chi connectivity index (χ0n) is 11.6. The summed E-state index contributed by atoms with van der Waals surface area (Å²) in [4.78, 5) is 14.2. The smallest absolute Gasteiger partial charge is 0.240 e. The molecule has 3 heteroatoms. The van der Waals surface area contributed by atoms with Crippen LogP contribution in [0.4, 0.5) is 0 Å². The molecule has 2 atom stereocenters. The van der Waals surface area contributed by atoms with Gasteiger partial charge in [-0.05, 0) is 25.3 Å². The highest BCUT2D eigenvalue weighted by Crippen LogP contribution is 2.12. The predicted molar refractivity (Wildman–Crippen MR) is 75.0 cm³/mol. The van der Waals surface area contributed by atoms with E-state index in [2.05, 4.69) is 13.8 Å². The van der Waals surface area contributed by atoms with Crippen LogP contribution < -0.4 is 5.73 Å². The molecular formula is C15H24N2O. The summed E-state index contributed by atoms with van der Waals surface area (Å²) in [6, 6.07) is 9.89. The molecule has 0 fully saturated rings. The maximum atomic E-state index is 12.3. The fourth-order valence-electron chi connectivity index (χ4n) is 1.84. The highest BCUT2D eigenvalue weighted by atomic mass is 16.2. The molecule has 0 radical (unpaired) electrons. The van der Waals surface area contributed by atoms with Crippen molar-refractivity contribution in [3.05, 3.63) is 35.9 Å². The topological polar surface area (TPSA) is 46.3 Å². The van der Waals surface area contributed by atoms with Gasteiger partial charge in [-0.1, -0.05) is 44.2 Å². The van der Waals surface area contributed by atoms with Crippen molar-refractivity contribution in [1.29, 1.82) is 0 Å². The average molecular weight is 248 g/mol. The van der Waals surface area contributed by atoms with Crippen LogP contribution in [0.1, 0.15) is 39.2 Å². The van der Waals surface area contributed by atoms with Crippen molar-refractivity contribution in [3.8, 4) is 0 Å². The lowest BCUT2D eigenvalue weighted by atomic mass is 10.1. The molecule has 1 rings (SSSR count). The second kappa shape index (κ2) is 7.17. The Morgan fingerprint density at radius 3 is 2.33 bits per heavy atom. The van der Waals surface area contributed by atoms with Crippen LogP contribution in [-0.2, 0) is 11.3 Å². The van der Waals surface area contributed by atoms with Crippen molar-refractivity contribution >= 4 is 5.91 Å². The highest BCUT2D eigenvalue weighted by molar-refractivity contribution is 5.81. The number of nitrogens with zero attached hydrogens (tertiary/aromatic N) is 1. The fourth-order valence-corrected chi connectivity index (χ4v) is 1.84. The molecule has 3 nitrogen and oxygen atoms in total. The normalized spacial score (nSPS) is 14.0. The van der Waals surface area contributed by atoms with Crippen LogP contribution in [0, 0.1) is 0 Å². The zero-order chi connectivity index (χ0) is 13.5. The van der Waals surface area contributed by atoms with E-state index in [1.54, 1.807) is 0 Å². The minimum atomic E-state index is -0.386. The summed E-state index contributed by atoms with van der Waals surface area (Å²) in [5.74, 6) is 0.0516. The van der Waals surface area contributed by atoms with E-state index in [-0.39, 0.29) is 18.0 Å². The lowest BCUT2D eigenvalue weighted by molar-refractivity contribution is -0.135. The second-order valence-electron chi connectivity index (χ2n) is 4.72. The number of nitrogens with two attached hydrogens (primary N) is 1. The first-order chi connectivity index (χ1) is 8.60. The van der Waals surface area contributed by atoms with E-state index < -0.39 is 0 Å². The number of benzene rings is 1. The third-order valence-electron chi connectivity index (χ3n) is 3.36. The first-order valence-corrected chi connectivity index (χ1v) is 6.70. The van der Waals surface area contributed by atoms with Crippen molar-refractivity contribution in [2.45, 2.75) is 52.2 Å². The van der Waals surface area contributed by atoms with Gasteiger partial charge in [0.1, 0.15) is 0 Å². The van der Waals surface area contributed by atoms with E-state index in [4.69, 9.17) is 5.73 Å². The molecule has 2 unspecified atom stereocenters. The van der Waals surface area contributed by atoms with Gasteiger partial charge in [0.05, 0.1) is 6.04 Å². The largest absolute Gasteiger partial charge is 0.334 e. The summed E-state index contributed by atoms with van der Waals surface area (Å²) in [6.45, 7) is 6.75. The van der Waals surface area contributed by atoms with Crippen molar-refractivity contribution in [2.75, 3.05) is 0 Å². The third kappa shape index (κ3) is 3.84. The molecule has 18 heavy (non-hydrogen) atoms. The van der Waals surface area contributed by atoms with Crippen LogP contribution in [0.15, 0.2) is 30.3 Å². The number of carbonyl (C=O) groups excluding carboxylic acids is 1. The number of hydrogen-bond acceptors (Lipinski definition) is 2. The van der Waals surface area contributed by atoms with E-state index in [0.29, 0.717) is 13.0 Å². The summed E-state index contributed by atoms with van der Waals surface area (Å²) in [5.41, 5.74) is 7.02. The van der Waals surface area contributed by atoms with Crippen LogP contribution in [0.25, 0.3) is 0 Å². The van der Waals surface area contributed by atoms with Crippen LogP contribution in [-0.4, -0.2) is 22.9 Å². The van der Waals surface area contributed by atoms with Gasteiger partial charge in [0.25, 0.3) is 0 Å². The number of rotatable bonds is 6. The summed E-state index contributed by atoms with van der Waals surface area (Å²) in [7, 11) is 0. The van der Waals surface area contributed by atoms with Crippen LogP contribution in [0.5, 0.6) is 0 Å². The van der Waals surface area contributed by atoms with E-state index >= 15 is 0 Å². The Balaban J connectivity index is 2.82. The summed E-state index contributed by atoms with van der Waals surface area (Å²) in [6.07, 6.45) is 1.62. The Hall–Kier alpha value is -1.35. The standard InChI is InChI=1S/C15H24N2O/c1-4-12(3)17(15(18)14(16)5-2)11-13-9-7-6-8-10-13/h6-10,12,14H,4-5,11,16H2,1-3H3. The monoisotopic (exact) mass is 248 g/mol. The minimum absolute atomic E-state index is 0.0516. The SMILES string of the molecule is CCC(N)C(=O)N(Cc1ccccc1)C(C)CC. The summed E-state index contributed by atoms with van der Waals surface area (Å²) >= 11 is 0. The number of carbonyl (C=O) groups is 1. The van der Waals surface area contributed by atoms with Gasteiger partial charge in [0, 0.05) is 12.6 Å². The first kappa shape index (κ1) is 14.7. The molecule has 1 amide bonds. The van der Waals surface area contributed by atoms with Gasteiger partial charge < -0.3 is 10.6 Å². The molecule has 0 saturated heterocycles. The first-order valence-electron chi connectivity index (χ1n) is 6.70. The van der Waals surface area contributed by atoms with Crippen LogP contribution in [0.3, 0.4) is 0 Å². The fraction of sp³-hybridized carbons (Fsp3) is 0.533. The molecule has 1 aromatic carbocycles. The molecule has 100 valence electrons. The maximum Gasteiger partial charge on any atom is 0.240 e. The summed E-state index contributed by atoms with van der Waals surface area (Å²) < 4.78 is 0. The van der Waals surface area contributed by atoms with Gasteiger partial charge >= 0.3 is 0 Å². The molecule has 0 spiro atoms. The van der Waals surface area contributed by atoms with Gasteiger partial charge in [0.2, 0.25) is 5.91 Å². The van der Waals surface area contributed by atoms with Gasteiger partial charge in [-0.15, -0.1) is 0 Å². The highest BCUT2D eigenvalue weighted by Gasteiger charge is 2.23. The Morgan fingerprint density at radius 2 is 1.83 bits per heavy atom. The molecule has 0 aromatic heterocycles. The average Bonchev–Trinajstić information content (AvgIpc) is 2.43. The molecule has 0 aliphatic carbocycles. The van der Waals surface area contributed by atoms with Gasteiger partial charge in [-0.2, -0.15) is 0 Å². The number of amides is 1. The Kier molecular flexibility index (Phi) is 5.86. The predicted octanol–water partition coefficient (Wildman–Crippen LogP) is 2.55. The Labute approximate surface area is 110 Å². The summed E-state index contributed by atoms with van der Waals surface area (Å²) in [5, 5.41) is 0. The van der Waals surface area contributed by atoms with E-state index in [0.717, 1.165) is 12.0 Å². The quantitative estimate of drug-likeness (QED) is 0.841. The Bertz CT molecular complexity index is 364. The van der Waals surface area contributed by atoms with Crippen LogP contribution >= 0.6 is 0 Å². The second-order valence-corrected chi connectivity index (χ2v) is 4.72. The molecule has 0 bridgehead atoms. The van der Waals surface area contributed by atoms with Gasteiger partial charge in [-0.3, -0.25) is 4.79 Å². The molecule has 0 heterocycles. The van der Waals surface area contributed by atoms with Crippen LogP contribution in [0.2, 0.25) is 0 Å². The number of hydrogen-bond donors (Lipinski definition) is 1. The molecule has 0 aliphatic rings. The van der Waals surface area contributed by atoms with E-state index in [1.165, 1.54) is 0 Å². The molecule has 1 aromatic rings. The maximum absolute atomic E-state index is 12.3. The minimum Gasteiger partial charge on any atom is -0.334 e. The molecular weight excluding hydrogens is 224 g/mol. The third-order valence-corrected chi connectivity index (χ3v) is 3.36. The van der Waals surface area contributed by atoms with E-state index in [1.807, 2.05) is 42.2 Å². The Morgan fingerprint density at radius 1 is 1.22 bits per heavy atom.